The van der Waals surface area contributed by atoms with Gasteiger partial charge in [0.2, 0.25) is 0 Å². The molecule has 0 fully saturated rings. The van der Waals surface area contributed by atoms with E-state index < -0.39 is 31.5 Å². The number of alkyl halides is 4. The van der Waals surface area contributed by atoms with Crippen molar-refractivity contribution in [3.8, 4) is 0 Å². The number of ether oxygens (including phenoxy) is 1. The van der Waals surface area contributed by atoms with Crippen LogP contribution < -0.4 is 0 Å². The van der Waals surface area contributed by atoms with Crippen LogP contribution in [0, 0.1) is 0 Å². The van der Waals surface area contributed by atoms with Gasteiger partial charge in [0, 0.05) is 0 Å². The molecule has 0 aromatic heterocycles. The van der Waals surface area contributed by atoms with Crippen LogP contribution in [0.15, 0.2) is 12.3 Å². The summed E-state index contributed by atoms with van der Waals surface area (Å²) in [5.74, 6) is 0. The summed E-state index contributed by atoms with van der Waals surface area (Å²) in [5.41, 5.74) is 0. The van der Waals surface area contributed by atoms with Gasteiger partial charge >= 0.3 is 76.5 Å². The zero-order chi connectivity index (χ0) is 13.0. The molecule has 0 spiro atoms. The van der Waals surface area contributed by atoms with E-state index in [0.717, 1.165) is 0 Å². The molecule has 0 saturated heterocycles. The third-order valence-electron chi connectivity index (χ3n) is 0.802. The summed E-state index contributed by atoms with van der Waals surface area (Å²) in [7, 11) is 0. The van der Waals surface area contributed by atoms with Crippen molar-refractivity contribution in [1.82, 2.24) is 0 Å². The Hall–Kier alpha value is -2.19. The second-order valence-electron chi connectivity index (χ2n) is 1.88. The summed E-state index contributed by atoms with van der Waals surface area (Å²) in [5, 5.41) is 3.17. The van der Waals surface area contributed by atoms with Gasteiger partial charge in [0.25, 0.3) is 0 Å². The summed E-state index contributed by atoms with van der Waals surface area (Å²) in [6.45, 7) is -2.53. The molecule has 0 saturated carbocycles. The van der Waals surface area contributed by atoms with Gasteiger partial charge < -0.3 is 0 Å². The fraction of sp³-hybridized carbons (Fsp3) is 0.400. The molecule has 0 aliphatic carbocycles. The predicted molar refractivity (Wildman–Crippen MR) is 29.6 cm³/mol. The minimum atomic E-state index is -5.87. The predicted octanol–water partition coefficient (Wildman–Crippen LogP) is 2.97. The first-order chi connectivity index (χ1) is 7.08. The Bertz CT molecular complexity index is 269. The summed E-state index contributed by atoms with van der Waals surface area (Å²) in [6.07, 6.45) is -9.52. The summed E-state index contributed by atoms with van der Waals surface area (Å²) < 4.78 is 93.6. The van der Waals surface area contributed by atoms with Crippen LogP contribution in [0.1, 0.15) is 0 Å². The van der Waals surface area contributed by atoms with Gasteiger partial charge in [0.05, 0.1) is 0 Å². The molecule has 2 nitrogen and oxygen atoms in total. The molecule has 0 aromatic rings. The van der Waals surface area contributed by atoms with Gasteiger partial charge in [-0.1, -0.05) is 0 Å². The van der Waals surface area contributed by atoms with Crippen molar-refractivity contribution in [3.05, 3.63) is 12.3 Å². The van der Waals surface area contributed by atoms with Crippen molar-refractivity contribution in [2.75, 3.05) is 0 Å². The van der Waals surface area contributed by atoms with Crippen LogP contribution in [0.3, 0.4) is 0 Å². The van der Waals surface area contributed by atoms with E-state index in [1.54, 1.807) is 0 Å². The monoisotopic (exact) mass is 494 g/mol. The first-order valence-electron chi connectivity index (χ1n) is 2.98. The van der Waals surface area contributed by atoms with E-state index in [9.17, 15) is 35.1 Å². The molecule has 99 valence electrons. The van der Waals surface area contributed by atoms with Crippen LogP contribution >= 0.6 is 0 Å². The average molecular weight is 496 g/mol. The van der Waals surface area contributed by atoms with Gasteiger partial charge in [-0.25, -0.2) is 0 Å². The molecule has 0 aliphatic rings. The molecule has 0 radical (unpaired) electrons. The zero-order valence-corrected chi connectivity index (χ0v) is 9.37. The second-order valence-corrected chi connectivity index (χ2v) is 3.95. The van der Waals surface area contributed by atoms with Crippen LogP contribution in [0.4, 0.5) is 35.1 Å². The van der Waals surface area contributed by atoms with Crippen molar-refractivity contribution in [2.24, 2.45) is 0 Å². The number of rotatable bonds is 4. The van der Waals surface area contributed by atoms with Gasteiger partial charge in [-0.2, -0.15) is 0 Å². The first-order valence-corrected chi connectivity index (χ1v) is 5.37. The number of hydrogen-bond acceptors (Lipinski definition) is 2. The Morgan fingerprint density at radius 1 is 1.00 bits per heavy atom. The molecule has 16 heavy (non-hydrogen) atoms. The van der Waals surface area contributed by atoms with E-state index in [1.807, 2.05) is 0 Å². The maximum absolute atomic E-state index is 12.8. The summed E-state index contributed by atoms with van der Waals surface area (Å²) in [4.78, 5) is 0. The van der Waals surface area contributed by atoms with Crippen molar-refractivity contribution in [1.29, 1.82) is 0 Å². The van der Waals surface area contributed by atoms with Gasteiger partial charge in [-0.15, -0.1) is 0 Å². The molecule has 0 bridgehead atoms. The molecule has 1 unspecified atom stereocenters. The average Bonchev–Trinajstić information content (AvgIpc) is 2.09. The minimum absolute atomic E-state index is 0.876. The molecule has 0 rings (SSSR count). The molecule has 1 atom stereocenters. The van der Waals surface area contributed by atoms with Crippen LogP contribution in [0.25, 0.3) is 0 Å². The van der Waals surface area contributed by atoms with Crippen molar-refractivity contribution in [3.63, 3.8) is 0 Å². The summed E-state index contributed by atoms with van der Waals surface area (Å²) >= 11 is 0. The molecule has 0 aliphatic heterocycles. The Morgan fingerprint density at radius 3 is 1.81 bits per heavy atom. The number of halogens is 8. The first kappa shape index (κ1) is 13.8. The van der Waals surface area contributed by atoms with Crippen LogP contribution in [0.5, 0.6) is 0 Å². The quantitative estimate of drug-likeness (QED) is 0.339. The molecule has 0 aromatic carbocycles. The van der Waals surface area contributed by atoms with E-state index in [0.29, 0.717) is 0 Å². The Morgan fingerprint density at radius 2 is 1.50 bits per heavy atom. The molecular formula is C5HCfF8O2. The van der Waals surface area contributed by atoms with E-state index >= 15 is 0 Å². The fourth-order valence-electron chi connectivity index (χ4n) is 0.305. The van der Waals surface area contributed by atoms with Gasteiger partial charge in [0.1, 0.15) is 0 Å². The second kappa shape index (κ2) is 4.55. The van der Waals surface area contributed by atoms with Gasteiger partial charge in [0.15, 0.2) is 0 Å². The van der Waals surface area contributed by atoms with E-state index in [2.05, 4.69) is 9.84 Å². The zero-order valence-electron chi connectivity index (χ0n) is 6.73. The van der Waals surface area contributed by atoms with Gasteiger partial charge in [-0.3, -0.25) is 0 Å². The normalized spacial score (nSPS) is 14.8. The molecule has 11 heteroatoms. The summed E-state index contributed by atoms with van der Waals surface area (Å²) in [6, 6.07) is -4.99. The van der Waals surface area contributed by atoms with Crippen molar-refractivity contribution < 1.29 is 45.0 Å². The third-order valence-corrected chi connectivity index (χ3v) is 2.17. The van der Waals surface area contributed by atoms with Crippen LogP contribution in [0.2, 0.25) is 0 Å². The maximum atomic E-state index is 12.8. The molecule has 0 heterocycles. The van der Waals surface area contributed by atoms with Crippen molar-refractivity contribution >= 4 is 6.93 Å². The topological polar surface area (TPSA) is 18.5 Å². The van der Waals surface area contributed by atoms with Crippen molar-refractivity contribution in [2.45, 2.75) is 12.2 Å². The van der Waals surface area contributed by atoms with E-state index in [-0.39, 0.29) is 0 Å². The number of hydrogen-bond donors (Lipinski definition) is 0. The molecule has 0 N–H and O–H groups in total. The SMILES string of the molecule is FC(F)=COC(F)([O][Cf]=[C](F)F)C(F)(F)F. The third kappa shape index (κ3) is 3.90. The standard InChI is InChI=1S/C4HF6O2.CF2.Cf/c5-2(6)1-12-4(10,11)3(7,8)9;2-1-3;/h1H;;/q-1;;+1. The Balaban J connectivity index is 4.90. The molecular weight excluding hydrogens is 495 g/mol. The van der Waals surface area contributed by atoms with Crippen LogP contribution in [-0.4, -0.2) is 19.1 Å². The van der Waals surface area contributed by atoms with E-state index in [1.165, 1.54) is 0 Å². The Kier molecular flexibility index (Phi) is 3.93. The van der Waals surface area contributed by atoms with E-state index in [4.69, 9.17) is 0 Å². The van der Waals surface area contributed by atoms with Gasteiger partial charge in [-0.05, 0) is 0 Å². The molecule has 0 amide bonds. The van der Waals surface area contributed by atoms with Crippen LogP contribution in [-0.2, 0) is 9.84 Å². The fourth-order valence-corrected chi connectivity index (χ4v) is 1.29. The Labute approximate surface area is 77.7 Å².